The summed E-state index contributed by atoms with van der Waals surface area (Å²) in [6, 6.07) is -1.08. The van der Waals surface area contributed by atoms with E-state index in [2.05, 4.69) is 0 Å². The maximum atomic E-state index is 10.8. The van der Waals surface area contributed by atoms with Gasteiger partial charge in [0.1, 0.15) is 0 Å². The van der Waals surface area contributed by atoms with E-state index in [9.17, 15) is 9.36 Å². The topological polar surface area (TPSA) is 127 Å². The normalized spacial score (nSPS) is 14.2. The van der Waals surface area contributed by atoms with Gasteiger partial charge in [0.25, 0.3) is 5.52 Å². The van der Waals surface area contributed by atoms with Crippen LogP contribution in [0.2, 0.25) is 0 Å². The van der Waals surface area contributed by atoms with Crippen LogP contribution < -0.4 is 11.5 Å². The highest BCUT2D eigenvalue weighted by molar-refractivity contribution is 7.70. The third-order valence-corrected chi connectivity index (χ3v) is 2.48. The summed E-state index contributed by atoms with van der Waals surface area (Å²) in [7, 11) is -4.66. The van der Waals surface area contributed by atoms with Crippen LogP contribution in [0.25, 0.3) is 0 Å². The van der Waals surface area contributed by atoms with Crippen LogP contribution >= 0.6 is 7.60 Å². The Kier molecular flexibility index (Phi) is 5.36. The Morgan fingerprint density at radius 2 is 1.92 bits per heavy atom. The average Bonchev–Trinajstić information content (AvgIpc) is 2.01. The maximum Gasteiger partial charge on any atom is 0.393 e. The van der Waals surface area contributed by atoms with Crippen LogP contribution in [0, 0.1) is 0 Å². The minimum Gasteiger partial charge on any atom is -0.330 e. The van der Waals surface area contributed by atoms with Crippen LogP contribution in [0.1, 0.15) is 19.3 Å². The zero-order valence-corrected chi connectivity index (χ0v) is 8.11. The highest BCUT2D eigenvalue weighted by Gasteiger charge is 2.30. The molecule has 0 rings (SSSR count). The highest BCUT2D eigenvalue weighted by atomic mass is 31.2. The first-order valence-corrected chi connectivity index (χ1v) is 5.56. The van der Waals surface area contributed by atoms with Crippen molar-refractivity contribution in [2.75, 3.05) is 6.54 Å². The van der Waals surface area contributed by atoms with Gasteiger partial charge >= 0.3 is 7.60 Å². The predicted octanol–water partition coefficient (Wildman–Crippen LogP) is -0.853. The van der Waals surface area contributed by atoms with Gasteiger partial charge in [-0.25, -0.2) is 0 Å². The van der Waals surface area contributed by atoms with Gasteiger partial charge in [-0.15, -0.1) is 0 Å². The van der Waals surface area contributed by atoms with Crippen molar-refractivity contribution in [3.8, 4) is 0 Å². The average molecular weight is 210 g/mol. The van der Waals surface area contributed by atoms with Crippen LogP contribution in [0.15, 0.2) is 0 Å². The molecule has 0 aromatic heterocycles. The van der Waals surface area contributed by atoms with Crippen LogP contribution in [0.3, 0.4) is 0 Å². The third-order valence-electron chi connectivity index (χ3n) is 1.57. The van der Waals surface area contributed by atoms with Crippen molar-refractivity contribution >= 4 is 13.1 Å². The van der Waals surface area contributed by atoms with Gasteiger partial charge in [-0.3, -0.25) is 9.36 Å². The standard InChI is InChI=1S/C6H15N2O4P/c7-4-2-1-3-5(8)6(9)13(10,11)12/h5H,1-4,7-8H2,(H2,10,11,12)/t5-/m0/s1. The van der Waals surface area contributed by atoms with Gasteiger partial charge < -0.3 is 21.3 Å². The Hall–Kier alpha value is -0.260. The van der Waals surface area contributed by atoms with Crippen molar-refractivity contribution in [3.05, 3.63) is 0 Å². The number of hydrogen-bond donors (Lipinski definition) is 4. The molecule has 1 atom stereocenters. The first-order valence-electron chi connectivity index (χ1n) is 3.95. The van der Waals surface area contributed by atoms with Crippen molar-refractivity contribution < 1.29 is 19.1 Å². The monoisotopic (exact) mass is 210 g/mol. The van der Waals surface area contributed by atoms with Crippen molar-refractivity contribution in [2.45, 2.75) is 25.3 Å². The molecule has 0 bridgehead atoms. The lowest BCUT2D eigenvalue weighted by molar-refractivity contribution is -0.114. The molecule has 0 aliphatic rings. The molecule has 0 aromatic carbocycles. The lowest BCUT2D eigenvalue weighted by Gasteiger charge is -2.10. The van der Waals surface area contributed by atoms with E-state index < -0.39 is 19.2 Å². The summed E-state index contributed by atoms with van der Waals surface area (Å²) >= 11 is 0. The van der Waals surface area contributed by atoms with Crippen molar-refractivity contribution in [1.82, 2.24) is 0 Å². The molecule has 0 radical (unpaired) electrons. The predicted molar refractivity (Wildman–Crippen MR) is 47.9 cm³/mol. The number of nitrogens with two attached hydrogens (primary N) is 2. The van der Waals surface area contributed by atoms with Gasteiger partial charge in [0.15, 0.2) is 0 Å². The van der Waals surface area contributed by atoms with Gasteiger partial charge in [0.05, 0.1) is 6.04 Å². The molecule has 0 aliphatic carbocycles. The quantitative estimate of drug-likeness (QED) is 0.334. The fourth-order valence-electron chi connectivity index (χ4n) is 0.848. The Bertz CT molecular complexity index is 215. The lowest BCUT2D eigenvalue weighted by atomic mass is 10.1. The van der Waals surface area contributed by atoms with Gasteiger partial charge in [-0.1, -0.05) is 6.42 Å². The van der Waals surface area contributed by atoms with E-state index in [0.717, 1.165) is 0 Å². The Labute approximate surface area is 76.5 Å². The number of unbranched alkanes of at least 4 members (excludes halogenated alkanes) is 1. The largest absolute Gasteiger partial charge is 0.393 e. The number of carbonyl (C=O) groups excluding carboxylic acids is 1. The second kappa shape index (κ2) is 5.47. The molecule has 0 aliphatic heterocycles. The van der Waals surface area contributed by atoms with E-state index >= 15 is 0 Å². The Balaban J connectivity index is 3.91. The van der Waals surface area contributed by atoms with E-state index in [1.165, 1.54) is 0 Å². The van der Waals surface area contributed by atoms with E-state index in [0.29, 0.717) is 19.4 Å². The number of carbonyl (C=O) groups is 1. The Morgan fingerprint density at radius 3 is 2.31 bits per heavy atom. The molecule has 0 saturated heterocycles. The second-order valence-electron chi connectivity index (χ2n) is 2.77. The first-order chi connectivity index (χ1) is 5.89. The molecular weight excluding hydrogens is 195 g/mol. The van der Waals surface area contributed by atoms with Crippen molar-refractivity contribution in [3.63, 3.8) is 0 Å². The number of hydrogen-bond acceptors (Lipinski definition) is 4. The third kappa shape index (κ3) is 5.13. The van der Waals surface area contributed by atoms with Crippen LogP contribution in [0.4, 0.5) is 0 Å². The van der Waals surface area contributed by atoms with E-state index in [-0.39, 0.29) is 6.42 Å². The summed E-state index contributed by atoms with van der Waals surface area (Å²) in [6.07, 6.45) is 1.56. The zero-order valence-electron chi connectivity index (χ0n) is 7.22. The molecule has 0 saturated carbocycles. The summed E-state index contributed by atoms with van der Waals surface area (Å²) in [5.41, 5.74) is 9.27. The minimum absolute atomic E-state index is 0.265. The molecule has 6 N–H and O–H groups in total. The van der Waals surface area contributed by atoms with Gasteiger partial charge in [0, 0.05) is 0 Å². The fourth-order valence-corrected chi connectivity index (χ4v) is 1.41. The Morgan fingerprint density at radius 1 is 1.38 bits per heavy atom. The van der Waals surface area contributed by atoms with E-state index in [1.54, 1.807) is 0 Å². The van der Waals surface area contributed by atoms with Gasteiger partial charge in [-0.05, 0) is 19.4 Å². The van der Waals surface area contributed by atoms with Crippen LogP contribution in [-0.4, -0.2) is 27.9 Å². The summed E-state index contributed by atoms with van der Waals surface area (Å²) in [4.78, 5) is 27.8. The summed E-state index contributed by atoms with van der Waals surface area (Å²) in [5, 5.41) is 0. The summed E-state index contributed by atoms with van der Waals surface area (Å²) < 4.78 is 10.4. The summed E-state index contributed by atoms with van der Waals surface area (Å²) in [6.45, 7) is 0.483. The van der Waals surface area contributed by atoms with Crippen LogP contribution in [-0.2, 0) is 9.36 Å². The second-order valence-corrected chi connectivity index (χ2v) is 4.30. The molecule has 6 nitrogen and oxygen atoms in total. The molecule has 0 amide bonds. The highest BCUT2D eigenvalue weighted by Crippen LogP contribution is 2.37. The van der Waals surface area contributed by atoms with Gasteiger partial charge in [-0.2, -0.15) is 0 Å². The van der Waals surface area contributed by atoms with Crippen molar-refractivity contribution in [2.24, 2.45) is 11.5 Å². The van der Waals surface area contributed by atoms with Crippen molar-refractivity contribution in [1.29, 1.82) is 0 Å². The molecular formula is C6H15N2O4P. The molecule has 0 heterocycles. The lowest BCUT2D eigenvalue weighted by Crippen LogP contribution is -2.30. The molecule has 0 aromatic rings. The first kappa shape index (κ1) is 12.7. The molecule has 0 fully saturated rings. The van der Waals surface area contributed by atoms with E-state index in [4.69, 9.17) is 21.3 Å². The van der Waals surface area contributed by atoms with Crippen LogP contribution in [0.5, 0.6) is 0 Å². The SMILES string of the molecule is NCCCC[C@H](N)C(=O)P(=O)(O)O. The molecule has 13 heavy (non-hydrogen) atoms. The van der Waals surface area contributed by atoms with Gasteiger partial charge in [0.2, 0.25) is 0 Å². The summed E-state index contributed by atoms with van der Waals surface area (Å²) in [5.74, 6) is 0. The molecule has 0 spiro atoms. The smallest absolute Gasteiger partial charge is 0.330 e. The van der Waals surface area contributed by atoms with E-state index in [1.807, 2.05) is 0 Å². The minimum atomic E-state index is -4.66. The maximum absolute atomic E-state index is 10.8. The zero-order chi connectivity index (χ0) is 10.5. The molecule has 7 heteroatoms. The molecule has 0 unspecified atom stereocenters. The molecule has 78 valence electrons. The fraction of sp³-hybridized carbons (Fsp3) is 0.833. The number of rotatable bonds is 6.